The van der Waals surface area contributed by atoms with Crippen LogP contribution in [0.4, 0.5) is 0 Å². The van der Waals surface area contributed by atoms with Gasteiger partial charge in [0.2, 0.25) is 11.8 Å². The summed E-state index contributed by atoms with van der Waals surface area (Å²) in [5, 5.41) is 0. The average molecular weight is 195 g/mol. The first-order valence-electron chi connectivity index (χ1n) is 5.24. The minimum absolute atomic E-state index is 0.00491. The first-order valence-corrected chi connectivity index (χ1v) is 5.24. The summed E-state index contributed by atoms with van der Waals surface area (Å²) in [6, 6.07) is 0. The number of likely N-dealkylation sites (tertiary alicyclic amines) is 1. The highest BCUT2D eigenvalue weighted by Gasteiger charge is 2.61. The van der Waals surface area contributed by atoms with Gasteiger partial charge in [0.15, 0.2) is 0 Å². The topological polar surface area (TPSA) is 46.6 Å². The van der Waals surface area contributed by atoms with Gasteiger partial charge in [-0.3, -0.25) is 14.5 Å². The molecular formula is C10H13NO3. The Morgan fingerprint density at radius 2 is 1.71 bits per heavy atom. The van der Waals surface area contributed by atoms with Crippen LogP contribution in [-0.2, 0) is 14.3 Å². The number of ether oxygens (including phenoxy) is 1. The van der Waals surface area contributed by atoms with E-state index in [1.165, 1.54) is 4.90 Å². The summed E-state index contributed by atoms with van der Waals surface area (Å²) in [7, 11) is 0. The predicted molar refractivity (Wildman–Crippen MR) is 47.3 cm³/mol. The number of fused-ring (bicyclic) bond motifs is 5. The Bertz CT molecular complexity index is 286. The van der Waals surface area contributed by atoms with Crippen LogP contribution in [0.15, 0.2) is 0 Å². The molecule has 4 heteroatoms. The lowest BCUT2D eigenvalue weighted by Gasteiger charge is -2.15. The number of carbonyl (C=O) groups is 2. The summed E-state index contributed by atoms with van der Waals surface area (Å²) in [5.74, 6) is -0.313. The van der Waals surface area contributed by atoms with Gasteiger partial charge in [-0.05, 0) is 19.8 Å². The summed E-state index contributed by atoms with van der Waals surface area (Å²) < 4.78 is 5.60. The predicted octanol–water partition coefficient (Wildman–Crippen LogP) is 0.169. The lowest BCUT2D eigenvalue weighted by atomic mass is 9.81. The number of hydrogen-bond donors (Lipinski definition) is 0. The largest absolute Gasteiger partial charge is 0.373 e. The van der Waals surface area contributed by atoms with Crippen molar-refractivity contribution in [3.8, 4) is 0 Å². The van der Waals surface area contributed by atoms with Crippen molar-refractivity contribution >= 4 is 11.8 Å². The third kappa shape index (κ3) is 0.780. The second-order valence-electron chi connectivity index (χ2n) is 4.26. The fourth-order valence-electron chi connectivity index (χ4n) is 3.09. The van der Waals surface area contributed by atoms with E-state index < -0.39 is 0 Å². The standard InChI is InChI=1S/C10H13NO3/c1-2-11-9(12)7-5-3-4-6(14-5)8(7)10(11)13/h5-8H,2-4H2,1H3/t5-,6+,7+,8-. The molecule has 0 aliphatic carbocycles. The highest BCUT2D eigenvalue weighted by Crippen LogP contribution is 2.48. The Hall–Kier alpha value is -0.900. The van der Waals surface area contributed by atoms with Gasteiger partial charge in [-0.25, -0.2) is 0 Å². The molecule has 2 bridgehead atoms. The summed E-state index contributed by atoms with van der Waals surface area (Å²) in [6.07, 6.45) is 1.95. The van der Waals surface area contributed by atoms with Crippen LogP contribution >= 0.6 is 0 Å². The van der Waals surface area contributed by atoms with Crippen LogP contribution in [0.3, 0.4) is 0 Å². The van der Waals surface area contributed by atoms with E-state index in [9.17, 15) is 9.59 Å². The van der Waals surface area contributed by atoms with E-state index in [4.69, 9.17) is 4.74 Å². The van der Waals surface area contributed by atoms with Gasteiger partial charge in [-0.2, -0.15) is 0 Å². The molecule has 0 unspecified atom stereocenters. The fraction of sp³-hybridized carbons (Fsp3) is 0.800. The molecule has 3 fully saturated rings. The minimum atomic E-state index is -0.152. The summed E-state index contributed by atoms with van der Waals surface area (Å²) in [6.45, 7) is 2.35. The number of hydrogen-bond acceptors (Lipinski definition) is 3. The minimum Gasteiger partial charge on any atom is -0.373 e. The molecule has 3 aliphatic heterocycles. The van der Waals surface area contributed by atoms with Crippen molar-refractivity contribution in [3.05, 3.63) is 0 Å². The Kier molecular flexibility index (Phi) is 1.54. The zero-order valence-electron chi connectivity index (χ0n) is 8.10. The van der Waals surface area contributed by atoms with Crippen molar-refractivity contribution in [1.29, 1.82) is 0 Å². The van der Waals surface area contributed by atoms with Gasteiger partial charge in [-0.1, -0.05) is 0 Å². The SMILES string of the molecule is CCN1C(=O)[C@@H]2[C@H](C1=O)[C@@H]1CC[C@H]2O1. The van der Waals surface area contributed by atoms with E-state index in [1.807, 2.05) is 6.92 Å². The van der Waals surface area contributed by atoms with Gasteiger partial charge in [0, 0.05) is 6.54 Å². The maximum absolute atomic E-state index is 11.8. The molecule has 3 aliphatic rings. The van der Waals surface area contributed by atoms with Crippen LogP contribution in [0.2, 0.25) is 0 Å². The van der Waals surface area contributed by atoms with Crippen molar-refractivity contribution < 1.29 is 14.3 Å². The van der Waals surface area contributed by atoms with E-state index >= 15 is 0 Å². The first-order chi connectivity index (χ1) is 6.74. The highest BCUT2D eigenvalue weighted by molar-refractivity contribution is 6.06. The van der Waals surface area contributed by atoms with Crippen molar-refractivity contribution in [1.82, 2.24) is 4.90 Å². The molecule has 3 heterocycles. The molecule has 0 N–H and O–H groups in total. The van der Waals surface area contributed by atoms with Crippen LogP contribution in [0.5, 0.6) is 0 Å². The third-order valence-corrected chi connectivity index (χ3v) is 3.69. The molecule has 0 spiro atoms. The van der Waals surface area contributed by atoms with Gasteiger partial charge in [-0.15, -0.1) is 0 Å². The van der Waals surface area contributed by atoms with Crippen LogP contribution in [0, 0.1) is 11.8 Å². The number of rotatable bonds is 1. The molecule has 76 valence electrons. The normalized spacial score (nSPS) is 45.1. The van der Waals surface area contributed by atoms with Gasteiger partial charge in [0.05, 0.1) is 24.0 Å². The Morgan fingerprint density at radius 1 is 1.21 bits per heavy atom. The number of amides is 2. The van der Waals surface area contributed by atoms with E-state index in [2.05, 4.69) is 0 Å². The Balaban J connectivity index is 1.98. The quantitative estimate of drug-likeness (QED) is 0.560. The third-order valence-electron chi connectivity index (χ3n) is 3.69. The second kappa shape index (κ2) is 2.57. The second-order valence-corrected chi connectivity index (χ2v) is 4.26. The Labute approximate surface area is 82.2 Å². The first kappa shape index (κ1) is 8.41. The van der Waals surface area contributed by atoms with Crippen LogP contribution in [0.1, 0.15) is 19.8 Å². The smallest absolute Gasteiger partial charge is 0.235 e. The molecule has 2 amide bonds. The van der Waals surface area contributed by atoms with Crippen molar-refractivity contribution in [3.63, 3.8) is 0 Å². The molecular weight excluding hydrogens is 182 g/mol. The van der Waals surface area contributed by atoms with E-state index in [-0.39, 0.29) is 35.9 Å². The van der Waals surface area contributed by atoms with Gasteiger partial charge in [0.1, 0.15) is 0 Å². The molecule has 3 saturated heterocycles. The van der Waals surface area contributed by atoms with E-state index in [0.29, 0.717) is 6.54 Å². The molecule has 4 atom stereocenters. The number of imide groups is 1. The molecule has 4 nitrogen and oxygen atoms in total. The molecule has 0 aromatic carbocycles. The molecule has 0 aromatic heterocycles. The highest BCUT2D eigenvalue weighted by atomic mass is 16.5. The lowest BCUT2D eigenvalue weighted by Crippen LogP contribution is -2.33. The summed E-state index contributed by atoms with van der Waals surface area (Å²) in [4.78, 5) is 25.1. The van der Waals surface area contributed by atoms with Gasteiger partial charge in [0.25, 0.3) is 0 Å². The van der Waals surface area contributed by atoms with Crippen molar-refractivity contribution in [2.24, 2.45) is 11.8 Å². The molecule has 14 heavy (non-hydrogen) atoms. The van der Waals surface area contributed by atoms with Crippen molar-refractivity contribution in [2.45, 2.75) is 32.0 Å². The molecule has 0 saturated carbocycles. The molecule has 0 aromatic rings. The van der Waals surface area contributed by atoms with E-state index in [0.717, 1.165) is 12.8 Å². The maximum atomic E-state index is 11.8. The Morgan fingerprint density at radius 3 is 2.14 bits per heavy atom. The van der Waals surface area contributed by atoms with Crippen LogP contribution in [-0.4, -0.2) is 35.5 Å². The average Bonchev–Trinajstić information content (AvgIpc) is 2.80. The fourth-order valence-corrected chi connectivity index (χ4v) is 3.09. The summed E-state index contributed by atoms with van der Waals surface area (Å²) >= 11 is 0. The maximum Gasteiger partial charge on any atom is 0.235 e. The molecule has 0 radical (unpaired) electrons. The van der Waals surface area contributed by atoms with Crippen molar-refractivity contribution in [2.75, 3.05) is 6.54 Å². The van der Waals surface area contributed by atoms with Crippen LogP contribution < -0.4 is 0 Å². The summed E-state index contributed by atoms with van der Waals surface area (Å²) in [5.41, 5.74) is 0. The number of carbonyl (C=O) groups excluding carboxylic acids is 2. The van der Waals surface area contributed by atoms with Crippen LogP contribution in [0.25, 0.3) is 0 Å². The van der Waals surface area contributed by atoms with Gasteiger partial charge >= 0.3 is 0 Å². The monoisotopic (exact) mass is 195 g/mol. The van der Waals surface area contributed by atoms with Gasteiger partial charge < -0.3 is 4.74 Å². The molecule has 3 rings (SSSR count). The van der Waals surface area contributed by atoms with E-state index in [1.54, 1.807) is 0 Å². The lowest BCUT2D eigenvalue weighted by molar-refractivity contribution is -0.142. The number of nitrogens with zero attached hydrogens (tertiary/aromatic N) is 1. The zero-order chi connectivity index (χ0) is 9.87. The zero-order valence-corrected chi connectivity index (χ0v) is 8.10.